The smallest absolute Gasteiger partial charge is 0.273 e. The number of anilines is 2. The van der Waals surface area contributed by atoms with Gasteiger partial charge in [-0.3, -0.25) is 14.5 Å². The van der Waals surface area contributed by atoms with Gasteiger partial charge in [-0.15, -0.1) is 0 Å². The van der Waals surface area contributed by atoms with Gasteiger partial charge >= 0.3 is 0 Å². The van der Waals surface area contributed by atoms with Gasteiger partial charge in [0.1, 0.15) is 17.3 Å². The fraction of sp³-hybridized carbons (Fsp3) is 0.259. The number of carbonyl (C=O) groups excluding carboxylic acids is 1. The highest BCUT2D eigenvalue weighted by molar-refractivity contribution is 6.34. The largest absolute Gasteiger partial charge is 0.507 e. The van der Waals surface area contributed by atoms with E-state index >= 15 is 0 Å². The van der Waals surface area contributed by atoms with Crippen LogP contribution in [0.3, 0.4) is 0 Å². The van der Waals surface area contributed by atoms with E-state index in [1.54, 1.807) is 54.8 Å². The number of nitrogens with zero attached hydrogens (tertiary/aromatic N) is 4. The van der Waals surface area contributed by atoms with Crippen molar-refractivity contribution in [3.05, 3.63) is 76.2 Å². The number of aryl methyl sites for hydroxylation is 1. The molecule has 1 aromatic heterocycles. The number of phenols is 1. The first-order valence-corrected chi connectivity index (χ1v) is 11.9. The summed E-state index contributed by atoms with van der Waals surface area (Å²) < 4.78 is 16.3. The highest BCUT2D eigenvalue weighted by Crippen LogP contribution is 2.41. The van der Waals surface area contributed by atoms with Gasteiger partial charge in [0.15, 0.2) is 0 Å². The van der Waals surface area contributed by atoms with Crippen LogP contribution >= 0.6 is 11.6 Å². The zero-order chi connectivity index (χ0) is 26.0. The summed E-state index contributed by atoms with van der Waals surface area (Å²) in [4.78, 5) is 29.4. The first kappa shape index (κ1) is 25.3. The molecule has 3 aromatic rings. The molecular weight excluding hydrogens is 483 g/mol. The third kappa shape index (κ3) is 5.09. The van der Waals surface area contributed by atoms with Crippen LogP contribution in [-0.4, -0.2) is 48.2 Å². The van der Waals surface area contributed by atoms with E-state index in [1.165, 1.54) is 21.6 Å². The number of pyridine rings is 1. The Bertz CT molecular complexity index is 1380. The van der Waals surface area contributed by atoms with E-state index in [1.807, 2.05) is 19.0 Å². The Morgan fingerprint density at radius 1 is 1.03 bits per heavy atom. The molecule has 7 nitrogen and oxygen atoms in total. The molecule has 0 bridgehead atoms. The van der Waals surface area contributed by atoms with Crippen LogP contribution in [0, 0.1) is 5.82 Å². The molecule has 36 heavy (non-hydrogen) atoms. The molecule has 1 fully saturated rings. The van der Waals surface area contributed by atoms with E-state index in [0.29, 0.717) is 28.9 Å². The second-order valence-corrected chi connectivity index (χ2v) is 9.42. The van der Waals surface area contributed by atoms with Crippen molar-refractivity contribution in [3.8, 4) is 28.0 Å². The van der Waals surface area contributed by atoms with Crippen LogP contribution < -0.4 is 15.4 Å². The molecule has 188 valence electrons. The third-order valence-electron chi connectivity index (χ3n) is 6.17. The van der Waals surface area contributed by atoms with E-state index in [2.05, 4.69) is 0 Å². The van der Waals surface area contributed by atoms with Crippen LogP contribution in [0.4, 0.5) is 15.8 Å². The van der Waals surface area contributed by atoms with Crippen molar-refractivity contribution in [2.24, 2.45) is 7.05 Å². The molecule has 1 aliphatic heterocycles. The fourth-order valence-corrected chi connectivity index (χ4v) is 4.60. The Labute approximate surface area is 214 Å². The number of aromatic hydroxyl groups is 1. The number of aromatic nitrogens is 1. The molecule has 0 saturated carbocycles. The summed E-state index contributed by atoms with van der Waals surface area (Å²) in [6, 6.07) is 9.07. The maximum absolute atomic E-state index is 14.8. The molecule has 0 atom stereocenters. The van der Waals surface area contributed by atoms with Gasteiger partial charge in [-0.1, -0.05) is 17.7 Å². The predicted molar refractivity (Wildman–Crippen MR) is 142 cm³/mol. The quantitative estimate of drug-likeness (QED) is 0.462. The molecule has 0 radical (unpaired) electrons. The fourth-order valence-electron chi connectivity index (χ4n) is 4.33. The zero-order valence-corrected chi connectivity index (χ0v) is 21.2. The first-order chi connectivity index (χ1) is 17.2. The Morgan fingerprint density at radius 3 is 2.31 bits per heavy atom. The van der Waals surface area contributed by atoms with Crippen LogP contribution in [0.25, 0.3) is 22.3 Å². The highest BCUT2D eigenvalue weighted by atomic mass is 35.5. The molecule has 1 N–H and O–H groups in total. The van der Waals surface area contributed by atoms with E-state index in [-0.39, 0.29) is 27.5 Å². The van der Waals surface area contributed by atoms with Gasteiger partial charge in [0.25, 0.3) is 5.56 Å². The summed E-state index contributed by atoms with van der Waals surface area (Å²) in [5.41, 5.74) is 2.36. The maximum atomic E-state index is 14.8. The average Bonchev–Trinajstić information content (AvgIpc) is 3.38. The Kier molecular flexibility index (Phi) is 7.35. The lowest BCUT2D eigenvalue weighted by atomic mass is 9.97. The Balaban J connectivity index is 1.78. The number of carbonyl (C=O) groups is 1. The molecule has 1 saturated heterocycles. The van der Waals surface area contributed by atoms with Crippen molar-refractivity contribution in [2.75, 3.05) is 37.0 Å². The molecule has 1 aliphatic rings. The van der Waals surface area contributed by atoms with Gasteiger partial charge in [0.2, 0.25) is 6.41 Å². The normalized spacial score (nSPS) is 13.4. The van der Waals surface area contributed by atoms with E-state index in [0.717, 1.165) is 25.9 Å². The standard InChI is InChI=1S/C27H28ClFN4O3/c1-30(2)10-11-33(17-34)24-7-6-18(12-23(24)28)21-14-20(29)15-22(26(21)35)19-13-25(27(36)31(3)16-19)32-8-4-5-9-32/h6-7,10-17,35H,4-5,8-9H2,1-3H3/b11-10-. The number of halogens is 2. The first-order valence-electron chi connectivity index (χ1n) is 11.6. The summed E-state index contributed by atoms with van der Waals surface area (Å²) in [6.45, 7) is 1.57. The van der Waals surface area contributed by atoms with Crippen LogP contribution in [0.5, 0.6) is 5.75 Å². The lowest BCUT2D eigenvalue weighted by Crippen LogP contribution is -2.29. The van der Waals surface area contributed by atoms with Crippen molar-refractivity contribution in [1.29, 1.82) is 0 Å². The number of hydrogen-bond donors (Lipinski definition) is 1. The predicted octanol–water partition coefficient (Wildman–Crippen LogP) is 4.81. The molecule has 2 heterocycles. The lowest BCUT2D eigenvalue weighted by molar-refractivity contribution is -0.106. The van der Waals surface area contributed by atoms with Gasteiger partial charge in [-0.25, -0.2) is 4.39 Å². The highest BCUT2D eigenvalue weighted by Gasteiger charge is 2.20. The molecule has 4 rings (SSSR count). The summed E-state index contributed by atoms with van der Waals surface area (Å²) in [5, 5.41) is 11.5. The molecule has 9 heteroatoms. The van der Waals surface area contributed by atoms with Crippen molar-refractivity contribution in [3.63, 3.8) is 0 Å². The van der Waals surface area contributed by atoms with Crippen molar-refractivity contribution >= 4 is 29.4 Å². The van der Waals surface area contributed by atoms with Gasteiger partial charge in [0.05, 0.1) is 10.7 Å². The third-order valence-corrected chi connectivity index (χ3v) is 6.48. The minimum absolute atomic E-state index is 0.133. The van der Waals surface area contributed by atoms with Gasteiger partial charge in [-0.2, -0.15) is 0 Å². The minimum Gasteiger partial charge on any atom is -0.507 e. The summed E-state index contributed by atoms with van der Waals surface area (Å²) in [7, 11) is 5.30. The van der Waals surface area contributed by atoms with E-state index < -0.39 is 5.82 Å². The maximum Gasteiger partial charge on any atom is 0.273 e. The monoisotopic (exact) mass is 510 g/mol. The molecule has 0 spiro atoms. The molecule has 1 amide bonds. The number of rotatable bonds is 7. The van der Waals surface area contributed by atoms with E-state index in [9.17, 15) is 19.1 Å². The molecular formula is C27H28ClFN4O3. The van der Waals surface area contributed by atoms with Crippen LogP contribution in [0.2, 0.25) is 5.02 Å². The lowest BCUT2D eigenvalue weighted by Gasteiger charge is -2.20. The van der Waals surface area contributed by atoms with Crippen molar-refractivity contribution < 1.29 is 14.3 Å². The zero-order valence-electron chi connectivity index (χ0n) is 20.4. The summed E-state index contributed by atoms with van der Waals surface area (Å²) in [5.74, 6) is -0.677. The van der Waals surface area contributed by atoms with Crippen LogP contribution in [0.1, 0.15) is 12.8 Å². The number of hydrogen-bond acceptors (Lipinski definition) is 5. The van der Waals surface area contributed by atoms with Gasteiger partial charge < -0.3 is 19.5 Å². The Hall–Kier alpha value is -3.78. The second-order valence-electron chi connectivity index (χ2n) is 9.01. The Morgan fingerprint density at radius 2 is 1.69 bits per heavy atom. The summed E-state index contributed by atoms with van der Waals surface area (Å²) in [6.07, 6.45) is 7.51. The summed E-state index contributed by atoms with van der Waals surface area (Å²) >= 11 is 6.48. The molecule has 0 unspecified atom stereocenters. The van der Waals surface area contributed by atoms with Crippen LogP contribution in [0.15, 0.2) is 59.8 Å². The van der Waals surface area contributed by atoms with Crippen LogP contribution in [-0.2, 0) is 11.8 Å². The topological polar surface area (TPSA) is 69.0 Å². The number of amides is 1. The molecule has 2 aromatic carbocycles. The SMILES string of the molecule is CN(C)/C=C\N(C=O)c1ccc(-c2cc(F)cc(-c3cc(N4CCCC4)c(=O)n(C)c3)c2O)cc1Cl. The van der Waals surface area contributed by atoms with Crippen molar-refractivity contribution in [2.45, 2.75) is 12.8 Å². The second kappa shape index (κ2) is 10.5. The van der Waals surface area contributed by atoms with Gasteiger partial charge in [0, 0.05) is 69.5 Å². The average molecular weight is 511 g/mol. The number of phenolic OH excluding ortho intramolecular Hbond substituents is 1. The van der Waals surface area contributed by atoms with Crippen molar-refractivity contribution in [1.82, 2.24) is 9.47 Å². The minimum atomic E-state index is -0.544. The number of benzene rings is 2. The molecule has 0 aliphatic carbocycles. The van der Waals surface area contributed by atoms with Gasteiger partial charge in [-0.05, 0) is 48.7 Å². The van der Waals surface area contributed by atoms with E-state index in [4.69, 9.17) is 11.6 Å².